The maximum atomic E-state index is 10.6. The number of aryl methyl sites for hydroxylation is 1. The van der Waals surface area contributed by atoms with Gasteiger partial charge in [-0.2, -0.15) is 0 Å². The summed E-state index contributed by atoms with van der Waals surface area (Å²) >= 11 is 0. The Labute approximate surface area is 115 Å². The van der Waals surface area contributed by atoms with E-state index in [0.717, 1.165) is 0 Å². The van der Waals surface area contributed by atoms with Gasteiger partial charge in [-0.3, -0.25) is 0 Å². The van der Waals surface area contributed by atoms with E-state index >= 15 is 0 Å². The minimum absolute atomic E-state index is 0.0439. The van der Waals surface area contributed by atoms with Crippen molar-refractivity contribution >= 4 is 0 Å². The number of aliphatic hydroxyl groups is 1. The Morgan fingerprint density at radius 1 is 0.842 bits per heavy atom. The van der Waals surface area contributed by atoms with Gasteiger partial charge >= 0.3 is 0 Å². The first-order valence-corrected chi connectivity index (χ1v) is 6.89. The quantitative estimate of drug-likeness (QED) is 0.869. The zero-order valence-electron chi connectivity index (χ0n) is 11.9. The van der Waals surface area contributed by atoms with Crippen molar-refractivity contribution < 1.29 is 5.11 Å². The van der Waals surface area contributed by atoms with Gasteiger partial charge in [0.15, 0.2) is 0 Å². The van der Waals surface area contributed by atoms with Gasteiger partial charge in [0, 0.05) is 5.92 Å². The van der Waals surface area contributed by atoms with Gasteiger partial charge < -0.3 is 5.11 Å². The minimum atomic E-state index is -0.372. The first-order valence-electron chi connectivity index (χ1n) is 6.89. The fourth-order valence-corrected chi connectivity index (χ4v) is 2.54. The van der Waals surface area contributed by atoms with Gasteiger partial charge in [0.2, 0.25) is 0 Å². The van der Waals surface area contributed by atoms with Crippen LogP contribution < -0.4 is 0 Å². The molecule has 0 aliphatic heterocycles. The Kier molecular flexibility index (Phi) is 4.39. The van der Waals surface area contributed by atoms with E-state index in [2.05, 4.69) is 45.0 Å². The van der Waals surface area contributed by atoms with Gasteiger partial charge in [0.25, 0.3) is 0 Å². The normalized spacial score (nSPS) is 14.4. The summed E-state index contributed by atoms with van der Waals surface area (Å²) in [6.45, 7) is 6.25. The first kappa shape index (κ1) is 13.8. The van der Waals surface area contributed by atoms with E-state index in [4.69, 9.17) is 0 Å². The third kappa shape index (κ3) is 3.05. The molecular weight excluding hydrogens is 232 g/mol. The summed E-state index contributed by atoms with van der Waals surface area (Å²) in [5.41, 5.74) is 3.63. The molecule has 2 unspecified atom stereocenters. The second kappa shape index (κ2) is 6.03. The van der Waals surface area contributed by atoms with Crippen LogP contribution in [0.25, 0.3) is 0 Å². The molecule has 0 heterocycles. The van der Waals surface area contributed by atoms with Crippen molar-refractivity contribution in [2.24, 2.45) is 5.92 Å². The zero-order chi connectivity index (χ0) is 13.8. The standard InChI is InChI=1S/C18H22O/c1-13(2)18(19)17(15-10-5-4-6-11-15)16-12-8-7-9-14(16)3/h4-13,17-19H,1-3H3. The van der Waals surface area contributed by atoms with Gasteiger partial charge in [-0.1, -0.05) is 68.4 Å². The van der Waals surface area contributed by atoms with Crippen molar-refractivity contribution in [3.8, 4) is 0 Å². The first-order chi connectivity index (χ1) is 9.11. The lowest BCUT2D eigenvalue weighted by Gasteiger charge is -2.28. The van der Waals surface area contributed by atoms with Crippen LogP contribution in [0.4, 0.5) is 0 Å². The van der Waals surface area contributed by atoms with E-state index in [0.29, 0.717) is 0 Å². The van der Waals surface area contributed by atoms with Crippen molar-refractivity contribution in [3.63, 3.8) is 0 Å². The van der Waals surface area contributed by atoms with Gasteiger partial charge in [0.05, 0.1) is 6.10 Å². The van der Waals surface area contributed by atoms with E-state index in [1.54, 1.807) is 0 Å². The average Bonchev–Trinajstić information content (AvgIpc) is 2.42. The topological polar surface area (TPSA) is 20.2 Å². The van der Waals surface area contributed by atoms with Gasteiger partial charge in [0.1, 0.15) is 0 Å². The molecule has 0 aliphatic carbocycles. The summed E-state index contributed by atoms with van der Waals surface area (Å²) in [6.07, 6.45) is -0.372. The van der Waals surface area contributed by atoms with Crippen LogP contribution >= 0.6 is 0 Å². The number of benzene rings is 2. The minimum Gasteiger partial charge on any atom is -0.392 e. The lowest BCUT2D eigenvalue weighted by Crippen LogP contribution is -2.25. The molecule has 1 heteroatoms. The molecule has 2 aromatic rings. The van der Waals surface area contributed by atoms with E-state index in [-0.39, 0.29) is 17.9 Å². The van der Waals surface area contributed by atoms with Crippen LogP contribution in [0.15, 0.2) is 54.6 Å². The summed E-state index contributed by atoms with van der Waals surface area (Å²) in [6, 6.07) is 18.6. The van der Waals surface area contributed by atoms with Gasteiger partial charge in [-0.25, -0.2) is 0 Å². The number of aliphatic hydroxyl groups excluding tert-OH is 1. The molecule has 0 amide bonds. The molecule has 0 aromatic heterocycles. The fraction of sp³-hybridized carbons (Fsp3) is 0.333. The molecule has 0 saturated heterocycles. The molecule has 2 aromatic carbocycles. The van der Waals surface area contributed by atoms with Crippen LogP contribution in [-0.4, -0.2) is 11.2 Å². The zero-order valence-corrected chi connectivity index (χ0v) is 11.9. The smallest absolute Gasteiger partial charge is 0.0672 e. The second-order valence-corrected chi connectivity index (χ2v) is 5.48. The largest absolute Gasteiger partial charge is 0.392 e. The Morgan fingerprint density at radius 2 is 1.42 bits per heavy atom. The Morgan fingerprint density at radius 3 is 2.00 bits per heavy atom. The van der Waals surface area contributed by atoms with E-state index in [1.165, 1.54) is 16.7 Å². The Bertz CT molecular complexity index is 516. The van der Waals surface area contributed by atoms with E-state index < -0.39 is 0 Å². The molecule has 0 radical (unpaired) electrons. The van der Waals surface area contributed by atoms with Crippen LogP contribution in [-0.2, 0) is 0 Å². The molecule has 0 saturated carbocycles. The number of hydrogen-bond donors (Lipinski definition) is 1. The predicted molar refractivity (Wildman–Crippen MR) is 80.3 cm³/mol. The predicted octanol–water partition coefficient (Wildman–Crippen LogP) is 4.14. The van der Waals surface area contributed by atoms with Crippen molar-refractivity contribution in [3.05, 3.63) is 71.3 Å². The van der Waals surface area contributed by atoms with E-state index in [1.807, 2.05) is 30.3 Å². The molecule has 0 aliphatic rings. The molecule has 19 heavy (non-hydrogen) atoms. The SMILES string of the molecule is Cc1ccccc1C(c1ccccc1)C(O)C(C)C. The summed E-state index contributed by atoms with van der Waals surface area (Å²) in [5.74, 6) is 0.271. The van der Waals surface area contributed by atoms with Crippen molar-refractivity contribution in [1.82, 2.24) is 0 Å². The molecule has 100 valence electrons. The molecule has 1 N–H and O–H groups in total. The molecular formula is C18H22O. The summed E-state index contributed by atoms with van der Waals surface area (Å²) in [5, 5.41) is 10.6. The van der Waals surface area contributed by atoms with Gasteiger partial charge in [-0.05, 0) is 29.5 Å². The highest BCUT2D eigenvalue weighted by atomic mass is 16.3. The monoisotopic (exact) mass is 254 g/mol. The third-order valence-corrected chi connectivity index (χ3v) is 3.71. The summed E-state index contributed by atoms with van der Waals surface area (Å²) in [4.78, 5) is 0. The lowest BCUT2D eigenvalue weighted by molar-refractivity contribution is 0.108. The maximum absolute atomic E-state index is 10.6. The average molecular weight is 254 g/mol. The fourth-order valence-electron chi connectivity index (χ4n) is 2.54. The molecule has 1 nitrogen and oxygen atoms in total. The highest BCUT2D eigenvalue weighted by Gasteiger charge is 2.26. The lowest BCUT2D eigenvalue weighted by atomic mass is 9.80. The van der Waals surface area contributed by atoms with Gasteiger partial charge in [-0.15, -0.1) is 0 Å². The number of hydrogen-bond acceptors (Lipinski definition) is 1. The Hall–Kier alpha value is -1.60. The van der Waals surface area contributed by atoms with Crippen LogP contribution in [0.2, 0.25) is 0 Å². The number of rotatable bonds is 4. The van der Waals surface area contributed by atoms with Crippen LogP contribution in [0, 0.1) is 12.8 Å². The molecule has 2 atom stereocenters. The summed E-state index contributed by atoms with van der Waals surface area (Å²) in [7, 11) is 0. The Balaban J connectivity index is 2.50. The van der Waals surface area contributed by atoms with E-state index in [9.17, 15) is 5.11 Å². The van der Waals surface area contributed by atoms with Crippen LogP contribution in [0.3, 0.4) is 0 Å². The third-order valence-electron chi connectivity index (χ3n) is 3.71. The molecule has 0 bridgehead atoms. The highest BCUT2D eigenvalue weighted by molar-refractivity contribution is 5.38. The maximum Gasteiger partial charge on any atom is 0.0672 e. The van der Waals surface area contributed by atoms with Crippen LogP contribution in [0.1, 0.15) is 36.5 Å². The molecule has 2 rings (SSSR count). The van der Waals surface area contributed by atoms with Crippen molar-refractivity contribution in [2.75, 3.05) is 0 Å². The van der Waals surface area contributed by atoms with Crippen molar-refractivity contribution in [1.29, 1.82) is 0 Å². The highest BCUT2D eigenvalue weighted by Crippen LogP contribution is 2.33. The second-order valence-electron chi connectivity index (χ2n) is 5.48. The van der Waals surface area contributed by atoms with Crippen molar-refractivity contribution in [2.45, 2.75) is 32.8 Å². The molecule has 0 spiro atoms. The van der Waals surface area contributed by atoms with Crippen LogP contribution in [0.5, 0.6) is 0 Å². The molecule has 0 fully saturated rings. The summed E-state index contributed by atoms with van der Waals surface area (Å²) < 4.78 is 0.